The molecule has 1 N–H and O–H groups in total. The zero-order chi connectivity index (χ0) is 7.28. The van der Waals surface area contributed by atoms with Gasteiger partial charge < -0.3 is 5.32 Å². The van der Waals surface area contributed by atoms with Gasteiger partial charge in [0.2, 0.25) is 0 Å². The monoisotopic (exact) mass is 127 g/mol. The van der Waals surface area contributed by atoms with Crippen LogP contribution < -0.4 is 5.32 Å². The second-order valence-corrected chi connectivity index (χ2v) is 2.14. The van der Waals surface area contributed by atoms with Crippen molar-refractivity contribution < 1.29 is 0 Å². The molecule has 0 amide bonds. The fourth-order valence-corrected chi connectivity index (χ4v) is 0.709. The quantitative estimate of drug-likeness (QED) is 0.531. The van der Waals surface area contributed by atoms with Crippen molar-refractivity contribution in [3.05, 3.63) is 12.2 Å². The molecule has 0 aromatic carbocycles. The van der Waals surface area contributed by atoms with Crippen molar-refractivity contribution in [2.24, 2.45) is 0 Å². The minimum Gasteiger partial charge on any atom is -0.310 e. The molecule has 0 aromatic rings. The SMILES string of the molecule is C=C(C)C1CCN1.CC. The topological polar surface area (TPSA) is 12.0 Å². The third-order valence-electron chi connectivity index (χ3n) is 1.42. The number of nitrogens with one attached hydrogen (secondary N) is 1. The lowest BCUT2D eigenvalue weighted by Gasteiger charge is -2.27. The number of hydrogen-bond donors (Lipinski definition) is 1. The van der Waals surface area contributed by atoms with Gasteiger partial charge in [-0.15, -0.1) is 0 Å². The summed E-state index contributed by atoms with van der Waals surface area (Å²) in [7, 11) is 0. The summed E-state index contributed by atoms with van der Waals surface area (Å²) < 4.78 is 0. The Labute approximate surface area is 58.2 Å². The van der Waals surface area contributed by atoms with Gasteiger partial charge in [0, 0.05) is 6.04 Å². The van der Waals surface area contributed by atoms with Gasteiger partial charge in [0.05, 0.1) is 0 Å². The first kappa shape index (κ1) is 8.70. The third kappa shape index (κ3) is 2.66. The van der Waals surface area contributed by atoms with Crippen LogP contribution in [-0.4, -0.2) is 12.6 Å². The van der Waals surface area contributed by atoms with Gasteiger partial charge >= 0.3 is 0 Å². The molecule has 0 spiro atoms. The Hall–Kier alpha value is -0.300. The highest BCUT2D eigenvalue weighted by Crippen LogP contribution is 2.08. The summed E-state index contributed by atoms with van der Waals surface area (Å²) in [5, 5.41) is 3.25. The van der Waals surface area contributed by atoms with E-state index >= 15 is 0 Å². The summed E-state index contributed by atoms with van der Waals surface area (Å²) in [6.45, 7) is 11.1. The van der Waals surface area contributed by atoms with E-state index in [1.54, 1.807) is 0 Å². The van der Waals surface area contributed by atoms with E-state index in [2.05, 4.69) is 18.8 Å². The molecular weight excluding hydrogens is 110 g/mol. The lowest BCUT2D eigenvalue weighted by molar-refractivity contribution is 0.419. The first-order valence-electron chi connectivity index (χ1n) is 3.69. The van der Waals surface area contributed by atoms with Gasteiger partial charge in [-0.3, -0.25) is 0 Å². The van der Waals surface area contributed by atoms with Crippen molar-refractivity contribution in [2.45, 2.75) is 33.2 Å². The van der Waals surface area contributed by atoms with Crippen LogP contribution in [0.15, 0.2) is 12.2 Å². The minimum atomic E-state index is 0.639. The molecule has 1 heteroatoms. The summed E-state index contributed by atoms with van der Waals surface area (Å²) >= 11 is 0. The van der Waals surface area contributed by atoms with Gasteiger partial charge in [-0.05, 0) is 19.9 Å². The standard InChI is InChI=1S/C6H11N.C2H6/c1-5(2)6-3-4-7-6;1-2/h6-7H,1,3-4H2,2H3;1-2H3. The molecule has 0 saturated carbocycles. The summed E-state index contributed by atoms with van der Waals surface area (Å²) in [6, 6.07) is 0.639. The molecule has 54 valence electrons. The minimum absolute atomic E-state index is 0.639. The molecule has 1 aliphatic heterocycles. The molecule has 0 aliphatic carbocycles. The van der Waals surface area contributed by atoms with E-state index < -0.39 is 0 Å². The van der Waals surface area contributed by atoms with Crippen molar-refractivity contribution in [3.63, 3.8) is 0 Å². The highest BCUT2D eigenvalue weighted by molar-refractivity contribution is 5.05. The summed E-state index contributed by atoms with van der Waals surface area (Å²) in [4.78, 5) is 0. The van der Waals surface area contributed by atoms with Crippen LogP contribution in [0.5, 0.6) is 0 Å². The zero-order valence-electron chi connectivity index (χ0n) is 6.70. The van der Waals surface area contributed by atoms with Gasteiger partial charge in [0.25, 0.3) is 0 Å². The molecular formula is C8H17N. The number of hydrogen-bond acceptors (Lipinski definition) is 1. The Balaban J connectivity index is 0.000000291. The summed E-state index contributed by atoms with van der Waals surface area (Å²) in [6.07, 6.45) is 1.29. The van der Waals surface area contributed by atoms with Crippen LogP contribution in [0.25, 0.3) is 0 Å². The van der Waals surface area contributed by atoms with Crippen molar-refractivity contribution in [1.29, 1.82) is 0 Å². The van der Waals surface area contributed by atoms with Crippen LogP contribution in [0, 0.1) is 0 Å². The van der Waals surface area contributed by atoms with Crippen LogP contribution in [0.2, 0.25) is 0 Å². The molecule has 0 aromatic heterocycles. The van der Waals surface area contributed by atoms with Crippen LogP contribution in [0.3, 0.4) is 0 Å². The highest BCUT2D eigenvalue weighted by atomic mass is 15.0. The van der Waals surface area contributed by atoms with E-state index in [1.807, 2.05) is 13.8 Å². The van der Waals surface area contributed by atoms with Crippen molar-refractivity contribution in [3.8, 4) is 0 Å². The van der Waals surface area contributed by atoms with Gasteiger partial charge in [-0.2, -0.15) is 0 Å². The van der Waals surface area contributed by atoms with E-state index in [-0.39, 0.29) is 0 Å². The molecule has 1 saturated heterocycles. The molecule has 1 heterocycles. The molecule has 1 aliphatic rings. The highest BCUT2D eigenvalue weighted by Gasteiger charge is 2.15. The van der Waals surface area contributed by atoms with Crippen molar-refractivity contribution >= 4 is 0 Å². The predicted molar refractivity (Wildman–Crippen MR) is 42.6 cm³/mol. The van der Waals surface area contributed by atoms with E-state index in [0.717, 1.165) is 0 Å². The first-order chi connectivity index (χ1) is 4.30. The van der Waals surface area contributed by atoms with Crippen molar-refractivity contribution in [1.82, 2.24) is 5.32 Å². The van der Waals surface area contributed by atoms with E-state index in [9.17, 15) is 0 Å². The number of rotatable bonds is 1. The van der Waals surface area contributed by atoms with E-state index in [1.165, 1.54) is 18.5 Å². The average molecular weight is 127 g/mol. The Kier molecular flexibility index (Phi) is 4.41. The maximum atomic E-state index is 3.81. The average Bonchev–Trinajstić information content (AvgIpc) is 1.65. The lowest BCUT2D eigenvalue weighted by atomic mass is 10.0. The Morgan fingerprint density at radius 3 is 2.00 bits per heavy atom. The smallest absolute Gasteiger partial charge is 0.0286 e. The molecule has 9 heavy (non-hydrogen) atoms. The van der Waals surface area contributed by atoms with Crippen LogP contribution in [-0.2, 0) is 0 Å². The third-order valence-corrected chi connectivity index (χ3v) is 1.42. The van der Waals surface area contributed by atoms with Crippen LogP contribution >= 0.6 is 0 Å². The molecule has 1 nitrogen and oxygen atoms in total. The van der Waals surface area contributed by atoms with Crippen LogP contribution in [0.1, 0.15) is 27.2 Å². The molecule has 0 bridgehead atoms. The first-order valence-corrected chi connectivity index (χ1v) is 3.69. The Morgan fingerprint density at radius 2 is 2.00 bits per heavy atom. The fourth-order valence-electron chi connectivity index (χ4n) is 0.709. The predicted octanol–water partition coefficient (Wildman–Crippen LogP) is 1.95. The Bertz CT molecular complexity index is 82.6. The molecule has 0 radical (unpaired) electrons. The Morgan fingerprint density at radius 1 is 1.56 bits per heavy atom. The molecule has 1 fully saturated rings. The molecule has 1 rings (SSSR count). The maximum absolute atomic E-state index is 3.81. The van der Waals surface area contributed by atoms with Crippen LogP contribution in [0.4, 0.5) is 0 Å². The van der Waals surface area contributed by atoms with Gasteiger partial charge in [-0.25, -0.2) is 0 Å². The van der Waals surface area contributed by atoms with Gasteiger partial charge in [0.1, 0.15) is 0 Å². The zero-order valence-corrected chi connectivity index (χ0v) is 6.70. The van der Waals surface area contributed by atoms with E-state index in [4.69, 9.17) is 0 Å². The maximum Gasteiger partial charge on any atom is 0.0286 e. The van der Waals surface area contributed by atoms with Gasteiger partial charge in [0.15, 0.2) is 0 Å². The molecule has 1 atom stereocenters. The van der Waals surface area contributed by atoms with Crippen molar-refractivity contribution in [2.75, 3.05) is 6.54 Å². The second kappa shape index (κ2) is 4.57. The second-order valence-electron chi connectivity index (χ2n) is 2.14. The molecule has 1 unspecified atom stereocenters. The lowest BCUT2D eigenvalue weighted by Crippen LogP contribution is -2.43. The summed E-state index contributed by atoms with van der Waals surface area (Å²) in [5.74, 6) is 0. The summed E-state index contributed by atoms with van der Waals surface area (Å²) in [5.41, 5.74) is 1.27. The van der Waals surface area contributed by atoms with Gasteiger partial charge in [-0.1, -0.05) is 26.0 Å². The normalized spacial score (nSPS) is 23.2. The van der Waals surface area contributed by atoms with E-state index in [0.29, 0.717) is 6.04 Å². The fraction of sp³-hybridized carbons (Fsp3) is 0.750. The largest absolute Gasteiger partial charge is 0.310 e.